The molecule has 0 aliphatic rings. The van der Waals surface area contributed by atoms with Gasteiger partial charge >= 0.3 is 0 Å². The summed E-state index contributed by atoms with van der Waals surface area (Å²) in [5, 5.41) is 4.67. The van der Waals surface area contributed by atoms with Gasteiger partial charge in [-0.25, -0.2) is 4.68 Å². The Bertz CT molecular complexity index is 777. The molecule has 4 nitrogen and oxygen atoms in total. The summed E-state index contributed by atoms with van der Waals surface area (Å²) in [6.45, 7) is 3.72. The van der Waals surface area contributed by atoms with Crippen LogP contribution in [0, 0.1) is 6.92 Å². The largest absolute Gasteiger partial charge is 0.384 e. The first-order valence-corrected chi connectivity index (χ1v) is 7.76. The molecule has 0 amide bonds. The molecular formula is C19H22N4. The SMILES string of the molecule is Cc1ccccc1-n1nc(CN(C)Cc2ccccc2)cc1N. The zero-order chi connectivity index (χ0) is 16.2. The first kappa shape index (κ1) is 15.3. The highest BCUT2D eigenvalue weighted by atomic mass is 15.3. The number of nitrogens with zero attached hydrogens (tertiary/aromatic N) is 3. The topological polar surface area (TPSA) is 47.1 Å². The maximum atomic E-state index is 6.15. The third kappa shape index (κ3) is 3.60. The van der Waals surface area contributed by atoms with E-state index in [9.17, 15) is 0 Å². The molecule has 4 heteroatoms. The number of rotatable bonds is 5. The highest BCUT2D eigenvalue weighted by Crippen LogP contribution is 2.18. The number of para-hydroxylation sites is 1. The third-order valence-corrected chi connectivity index (χ3v) is 3.86. The van der Waals surface area contributed by atoms with Crippen LogP contribution >= 0.6 is 0 Å². The number of aryl methyl sites for hydroxylation is 1. The summed E-state index contributed by atoms with van der Waals surface area (Å²) in [7, 11) is 2.09. The molecule has 0 fully saturated rings. The highest BCUT2D eigenvalue weighted by molar-refractivity contribution is 5.47. The second-order valence-electron chi connectivity index (χ2n) is 5.92. The number of aromatic nitrogens is 2. The van der Waals surface area contributed by atoms with Crippen LogP contribution in [0.15, 0.2) is 60.7 Å². The predicted octanol–water partition coefficient (Wildman–Crippen LogP) is 3.39. The Morgan fingerprint density at radius 1 is 1.00 bits per heavy atom. The summed E-state index contributed by atoms with van der Waals surface area (Å²) in [5.74, 6) is 0.669. The van der Waals surface area contributed by atoms with E-state index in [1.54, 1.807) is 0 Å². The van der Waals surface area contributed by atoms with Crippen molar-refractivity contribution < 1.29 is 0 Å². The van der Waals surface area contributed by atoms with E-state index < -0.39 is 0 Å². The van der Waals surface area contributed by atoms with Crippen molar-refractivity contribution in [2.24, 2.45) is 0 Å². The lowest BCUT2D eigenvalue weighted by molar-refractivity contribution is 0.314. The van der Waals surface area contributed by atoms with Crippen molar-refractivity contribution in [1.82, 2.24) is 14.7 Å². The summed E-state index contributed by atoms with van der Waals surface area (Å²) in [6, 6.07) is 20.5. The summed E-state index contributed by atoms with van der Waals surface area (Å²) < 4.78 is 1.82. The molecule has 2 aromatic carbocycles. The molecule has 0 aliphatic carbocycles. The van der Waals surface area contributed by atoms with Gasteiger partial charge in [-0.2, -0.15) is 5.10 Å². The Balaban J connectivity index is 1.75. The van der Waals surface area contributed by atoms with Gasteiger partial charge in [0.25, 0.3) is 0 Å². The molecule has 3 rings (SSSR count). The average molecular weight is 306 g/mol. The van der Waals surface area contributed by atoms with Crippen LogP contribution < -0.4 is 5.73 Å². The summed E-state index contributed by atoms with van der Waals surface area (Å²) in [5.41, 5.74) is 10.6. The van der Waals surface area contributed by atoms with Crippen molar-refractivity contribution in [1.29, 1.82) is 0 Å². The van der Waals surface area contributed by atoms with E-state index in [1.807, 2.05) is 35.0 Å². The van der Waals surface area contributed by atoms with E-state index in [0.29, 0.717) is 5.82 Å². The molecule has 118 valence electrons. The maximum Gasteiger partial charge on any atom is 0.127 e. The lowest BCUT2D eigenvalue weighted by Gasteiger charge is -2.15. The van der Waals surface area contributed by atoms with Crippen LogP contribution in [0.3, 0.4) is 0 Å². The Morgan fingerprint density at radius 2 is 1.70 bits per heavy atom. The molecule has 3 aromatic rings. The van der Waals surface area contributed by atoms with Crippen molar-refractivity contribution >= 4 is 5.82 Å². The number of anilines is 1. The Kier molecular flexibility index (Phi) is 4.44. The minimum absolute atomic E-state index is 0.669. The van der Waals surface area contributed by atoms with Crippen LogP contribution in [-0.2, 0) is 13.1 Å². The predicted molar refractivity (Wildman–Crippen MR) is 94.3 cm³/mol. The van der Waals surface area contributed by atoms with Crippen molar-refractivity contribution in [3.63, 3.8) is 0 Å². The van der Waals surface area contributed by atoms with Crippen molar-refractivity contribution in [2.75, 3.05) is 12.8 Å². The molecule has 1 aromatic heterocycles. The molecule has 0 atom stereocenters. The Hall–Kier alpha value is -2.59. The lowest BCUT2D eigenvalue weighted by Crippen LogP contribution is -2.17. The fourth-order valence-corrected chi connectivity index (χ4v) is 2.75. The van der Waals surface area contributed by atoms with Gasteiger partial charge in [0.15, 0.2) is 0 Å². The second-order valence-corrected chi connectivity index (χ2v) is 5.92. The molecule has 23 heavy (non-hydrogen) atoms. The van der Waals surface area contributed by atoms with E-state index in [4.69, 9.17) is 5.73 Å². The fraction of sp³-hybridized carbons (Fsp3) is 0.211. The molecular weight excluding hydrogens is 284 g/mol. The van der Waals surface area contributed by atoms with Crippen LogP contribution in [0.25, 0.3) is 5.69 Å². The van der Waals surface area contributed by atoms with Gasteiger partial charge in [-0.3, -0.25) is 4.90 Å². The molecule has 1 heterocycles. The van der Waals surface area contributed by atoms with Gasteiger partial charge in [-0.05, 0) is 31.2 Å². The Morgan fingerprint density at radius 3 is 2.43 bits per heavy atom. The fourth-order valence-electron chi connectivity index (χ4n) is 2.75. The quantitative estimate of drug-likeness (QED) is 0.786. The number of hydrogen-bond acceptors (Lipinski definition) is 3. The van der Waals surface area contributed by atoms with Crippen molar-refractivity contribution in [2.45, 2.75) is 20.0 Å². The van der Waals surface area contributed by atoms with Gasteiger partial charge in [0.1, 0.15) is 5.82 Å². The van der Waals surface area contributed by atoms with Crippen molar-refractivity contribution in [3.05, 3.63) is 77.5 Å². The van der Waals surface area contributed by atoms with Gasteiger partial charge in [-0.1, -0.05) is 48.5 Å². The van der Waals surface area contributed by atoms with Gasteiger partial charge in [0, 0.05) is 19.2 Å². The van der Waals surface area contributed by atoms with Crippen LogP contribution in [0.5, 0.6) is 0 Å². The zero-order valence-electron chi connectivity index (χ0n) is 13.6. The van der Waals surface area contributed by atoms with E-state index in [0.717, 1.165) is 30.0 Å². The second kappa shape index (κ2) is 6.67. The molecule has 0 bridgehead atoms. The molecule has 0 aliphatic heterocycles. The summed E-state index contributed by atoms with van der Waals surface area (Å²) in [4.78, 5) is 2.24. The smallest absolute Gasteiger partial charge is 0.127 e. The minimum atomic E-state index is 0.669. The normalized spacial score (nSPS) is 11.1. The highest BCUT2D eigenvalue weighted by Gasteiger charge is 2.10. The number of nitrogens with two attached hydrogens (primary N) is 1. The van der Waals surface area contributed by atoms with E-state index in [1.165, 1.54) is 5.56 Å². The molecule has 0 unspecified atom stereocenters. The van der Waals surface area contributed by atoms with E-state index in [-0.39, 0.29) is 0 Å². The van der Waals surface area contributed by atoms with Gasteiger partial charge < -0.3 is 5.73 Å². The van der Waals surface area contributed by atoms with Crippen molar-refractivity contribution in [3.8, 4) is 5.69 Å². The monoisotopic (exact) mass is 306 g/mol. The van der Waals surface area contributed by atoms with E-state index in [2.05, 4.69) is 54.3 Å². The average Bonchev–Trinajstić information content (AvgIpc) is 2.89. The molecule has 0 radical (unpaired) electrons. The first-order chi connectivity index (χ1) is 11.1. The lowest BCUT2D eigenvalue weighted by atomic mass is 10.2. The van der Waals surface area contributed by atoms with Gasteiger partial charge in [0.2, 0.25) is 0 Å². The van der Waals surface area contributed by atoms with Crippen LogP contribution in [0.1, 0.15) is 16.8 Å². The number of benzene rings is 2. The minimum Gasteiger partial charge on any atom is -0.384 e. The molecule has 0 saturated heterocycles. The summed E-state index contributed by atoms with van der Waals surface area (Å²) in [6.07, 6.45) is 0. The van der Waals surface area contributed by atoms with Gasteiger partial charge in [0.05, 0.1) is 11.4 Å². The Labute approximate surface area is 137 Å². The first-order valence-electron chi connectivity index (χ1n) is 7.76. The maximum absolute atomic E-state index is 6.15. The van der Waals surface area contributed by atoms with Crippen LogP contribution in [0.2, 0.25) is 0 Å². The summed E-state index contributed by atoms with van der Waals surface area (Å²) >= 11 is 0. The van der Waals surface area contributed by atoms with E-state index >= 15 is 0 Å². The van der Waals surface area contributed by atoms with Gasteiger partial charge in [-0.15, -0.1) is 0 Å². The van der Waals surface area contributed by atoms with Crippen LogP contribution in [0.4, 0.5) is 5.82 Å². The number of nitrogen functional groups attached to an aromatic ring is 1. The molecule has 2 N–H and O–H groups in total. The molecule has 0 spiro atoms. The molecule has 0 saturated carbocycles. The number of hydrogen-bond donors (Lipinski definition) is 1. The zero-order valence-corrected chi connectivity index (χ0v) is 13.6. The third-order valence-electron chi connectivity index (χ3n) is 3.86. The van der Waals surface area contributed by atoms with Crippen LogP contribution in [-0.4, -0.2) is 21.7 Å². The standard InChI is InChI=1S/C19H22N4/c1-15-8-6-7-11-18(15)23-19(20)12-17(21-23)14-22(2)13-16-9-4-3-5-10-16/h3-12H,13-14,20H2,1-2H3.